The molecule has 0 fully saturated rings. The Labute approximate surface area is 117 Å². The minimum absolute atomic E-state index is 0.0642. The molecule has 110 valence electrons. The number of carboxylic acids is 1. The molecule has 0 radical (unpaired) electrons. The average molecular weight is 282 g/mol. The zero-order chi connectivity index (χ0) is 15.0. The van der Waals surface area contributed by atoms with Crippen LogP contribution in [-0.2, 0) is 9.53 Å². The summed E-state index contributed by atoms with van der Waals surface area (Å²) in [5.74, 6) is -1.17. The number of carboxylic acid groups (broad SMARTS) is 1. The number of aromatic carboxylic acids is 1. The Morgan fingerprint density at radius 2 is 2.05 bits per heavy atom. The van der Waals surface area contributed by atoms with E-state index >= 15 is 0 Å². The largest absolute Gasteiger partial charge is 0.497 e. The molecular formula is C14H18O6. The molecule has 20 heavy (non-hydrogen) atoms. The summed E-state index contributed by atoms with van der Waals surface area (Å²) in [5, 5.41) is 9.07. The predicted molar refractivity (Wildman–Crippen MR) is 71.3 cm³/mol. The molecule has 0 saturated carbocycles. The molecule has 1 N–H and O–H groups in total. The third-order valence-electron chi connectivity index (χ3n) is 2.52. The number of benzene rings is 1. The number of rotatable bonds is 8. The van der Waals surface area contributed by atoms with Gasteiger partial charge in [0.1, 0.15) is 17.1 Å². The maximum Gasteiger partial charge on any atom is 0.344 e. The summed E-state index contributed by atoms with van der Waals surface area (Å²) < 4.78 is 15.0. The average Bonchev–Trinajstić information content (AvgIpc) is 2.45. The fourth-order valence-electron chi connectivity index (χ4n) is 1.44. The maximum absolute atomic E-state index is 11.4. The SMILES string of the molecule is CCCCOC(=O)COc1ccc(OC)cc1C(=O)O. The Balaban J connectivity index is 2.63. The van der Waals surface area contributed by atoms with Crippen LogP contribution in [0.15, 0.2) is 18.2 Å². The lowest BCUT2D eigenvalue weighted by molar-refractivity contribution is -0.146. The van der Waals surface area contributed by atoms with Gasteiger partial charge in [0, 0.05) is 0 Å². The number of hydrogen-bond donors (Lipinski definition) is 1. The molecule has 6 heteroatoms. The van der Waals surface area contributed by atoms with Crippen molar-refractivity contribution in [1.29, 1.82) is 0 Å². The minimum Gasteiger partial charge on any atom is -0.497 e. The van der Waals surface area contributed by atoms with Gasteiger partial charge in [0.15, 0.2) is 6.61 Å². The molecule has 1 rings (SSSR count). The summed E-state index contributed by atoms with van der Waals surface area (Å²) in [5.41, 5.74) is -0.0642. The van der Waals surface area contributed by atoms with Crippen molar-refractivity contribution < 1.29 is 28.9 Å². The van der Waals surface area contributed by atoms with E-state index in [-0.39, 0.29) is 17.9 Å². The van der Waals surface area contributed by atoms with Crippen molar-refractivity contribution in [3.05, 3.63) is 23.8 Å². The Hall–Kier alpha value is -2.24. The molecule has 0 spiro atoms. The first-order chi connectivity index (χ1) is 9.58. The van der Waals surface area contributed by atoms with Crippen LogP contribution in [0.4, 0.5) is 0 Å². The molecule has 1 aromatic rings. The van der Waals surface area contributed by atoms with E-state index in [0.29, 0.717) is 12.4 Å². The van der Waals surface area contributed by atoms with E-state index in [4.69, 9.17) is 19.3 Å². The molecule has 0 amide bonds. The lowest BCUT2D eigenvalue weighted by Crippen LogP contribution is -2.16. The number of esters is 1. The van der Waals surface area contributed by atoms with E-state index in [1.54, 1.807) is 6.07 Å². The van der Waals surface area contributed by atoms with Crippen LogP contribution in [0, 0.1) is 0 Å². The Morgan fingerprint density at radius 1 is 1.30 bits per heavy atom. The van der Waals surface area contributed by atoms with Crippen molar-refractivity contribution in [2.24, 2.45) is 0 Å². The van der Waals surface area contributed by atoms with Crippen LogP contribution in [0.25, 0.3) is 0 Å². The lowest BCUT2D eigenvalue weighted by Gasteiger charge is -2.10. The standard InChI is InChI=1S/C14H18O6/c1-3-4-7-19-13(15)9-20-12-6-5-10(18-2)8-11(12)14(16)17/h5-6,8H,3-4,7,9H2,1-2H3,(H,16,17). The number of ether oxygens (including phenoxy) is 3. The number of methoxy groups -OCH3 is 1. The summed E-state index contributed by atoms with van der Waals surface area (Å²) in [6.45, 7) is 2.00. The highest BCUT2D eigenvalue weighted by molar-refractivity contribution is 5.91. The molecule has 0 saturated heterocycles. The zero-order valence-electron chi connectivity index (χ0n) is 11.5. The van der Waals surface area contributed by atoms with Gasteiger partial charge in [0.2, 0.25) is 0 Å². The first-order valence-corrected chi connectivity index (χ1v) is 6.28. The van der Waals surface area contributed by atoms with E-state index in [1.807, 2.05) is 6.92 Å². The first kappa shape index (κ1) is 15.8. The summed E-state index contributed by atoms with van der Waals surface area (Å²) >= 11 is 0. The molecule has 1 aromatic carbocycles. The third-order valence-corrected chi connectivity index (χ3v) is 2.52. The van der Waals surface area contributed by atoms with Crippen LogP contribution in [0.5, 0.6) is 11.5 Å². The van der Waals surface area contributed by atoms with Gasteiger partial charge in [-0.2, -0.15) is 0 Å². The van der Waals surface area contributed by atoms with Gasteiger partial charge in [-0.25, -0.2) is 9.59 Å². The number of carbonyl (C=O) groups is 2. The topological polar surface area (TPSA) is 82.1 Å². The van der Waals surface area contributed by atoms with Crippen molar-refractivity contribution in [3.8, 4) is 11.5 Å². The number of unbranched alkanes of at least 4 members (excludes halogenated alkanes) is 1. The third kappa shape index (κ3) is 4.79. The van der Waals surface area contributed by atoms with Crippen molar-refractivity contribution in [3.63, 3.8) is 0 Å². The second-order valence-electron chi connectivity index (χ2n) is 4.03. The quantitative estimate of drug-likeness (QED) is 0.581. The smallest absolute Gasteiger partial charge is 0.344 e. The highest BCUT2D eigenvalue weighted by Gasteiger charge is 2.14. The summed E-state index contributed by atoms with van der Waals surface area (Å²) in [7, 11) is 1.44. The number of carbonyl (C=O) groups excluding carboxylic acids is 1. The maximum atomic E-state index is 11.4. The molecule has 0 atom stereocenters. The highest BCUT2D eigenvalue weighted by atomic mass is 16.6. The predicted octanol–water partition coefficient (Wildman–Crippen LogP) is 2.12. The van der Waals surface area contributed by atoms with Gasteiger partial charge in [0.05, 0.1) is 13.7 Å². The molecule has 0 heterocycles. The van der Waals surface area contributed by atoms with Gasteiger partial charge < -0.3 is 19.3 Å². The van der Waals surface area contributed by atoms with Gasteiger partial charge in [-0.3, -0.25) is 0 Å². The monoisotopic (exact) mass is 282 g/mol. The van der Waals surface area contributed by atoms with Gasteiger partial charge in [-0.1, -0.05) is 13.3 Å². The van der Waals surface area contributed by atoms with E-state index in [0.717, 1.165) is 12.8 Å². The van der Waals surface area contributed by atoms with Crippen LogP contribution in [0.3, 0.4) is 0 Å². The van der Waals surface area contributed by atoms with E-state index in [1.165, 1.54) is 19.2 Å². The van der Waals surface area contributed by atoms with Crippen molar-refractivity contribution in [2.45, 2.75) is 19.8 Å². The molecule has 0 bridgehead atoms. The zero-order valence-corrected chi connectivity index (χ0v) is 11.5. The van der Waals surface area contributed by atoms with Crippen LogP contribution in [-0.4, -0.2) is 37.4 Å². The molecule has 0 aliphatic carbocycles. The van der Waals surface area contributed by atoms with Crippen molar-refractivity contribution in [1.82, 2.24) is 0 Å². The summed E-state index contributed by atoms with van der Waals surface area (Å²) in [6.07, 6.45) is 1.71. The summed E-state index contributed by atoms with van der Waals surface area (Å²) in [6, 6.07) is 4.34. The molecule has 0 aliphatic rings. The van der Waals surface area contributed by atoms with Crippen LogP contribution < -0.4 is 9.47 Å². The fourth-order valence-corrected chi connectivity index (χ4v) is 1.44. The molecule has 0 aliphatic heterocycles. The molecule has 0 unspecified atom stereocenters. The lowest BCUT2D eigenvalue weighted by atomic mass is 10.2. The molecule has 0 aromatic heterocycles. The van der Waals surface area contributed by atoms with E-state index in [9.17, 15) is 9.59 Å². The van der Waals surface area contributed by atoms with Gasteiger partial charge in [-0.15, -0.1) is 0 Å². The summed E-state index contributed by atoms with van der Waals surface area (Å²) in [4.78, 5) is 22.5. The molecular weight excluding hydrogens is 264 g/mol. The minimum atomic E-state index is -1.15. The van der Waals surface area contributed by atoms with Crippen molar-refractivity contribution >= 4 is 11.9 Å². The normalized spacial score (nSPS) is 9.90. The first-order valence-electron chi connectivity index (χ1n) is 6.28. The van der Waals surface area contributed by atoms with Crippen LogP contribution in [0.1, 0.15) is 30.1 Å². The molecule has 6 nitrogen and oxygen atoms in total. The Kier molecular flexibility index (Phi) is 6.36. The van der Waals surface area contributed by atoms with Crippen LogP contribution in [0.2, 0.25) is 0 Å². The van der Waals surface area contributed by atoms with Gasteiger partial charge in [-0.05, 0) is 24.6 Å². The number of hydrogen-bond acceptors (Lipinski definition) is 5. The second kappa shape index (κ2) is 8.04. The van der Waals surface area contributed by atoms with Crippen molar-refractivity contribution in [2.75, 3.05) is 20.3 Å². The Morgan fingerprint density at radius 3 is 2.65 bits per heavy atom. The van der Waals surface area contributed by atoms with Gasteiger partial charge >= 0.3 is 11.9 Å². The highest BCUT2D eigenvalue weighted by Crippen LogP contribution is 2.24. The second-order valence-corrected chi connectivity index (χ2v) is 4.03. The Bertz CT molecular complexity index is 469. The van der Waals surface area contributed by atoms with Crippen LogP contribution >= 0.6 is 0 Å². The van der Waals surface area contributed by atoms with E-state index < -0.39 is 11.9 Å². The van der Waals surface area contributed by atoms with Gasteiger partial charge in [0.25, 0.3) is 0 Å². The fraction of sp³-hybridized carbons (Fsp3) is 0.429. The van der Waals surface area contributed by atoms with E-state index in [2.05, 4.69) is 0 Å².